The highest BCUT2D eigenvalue weighted by molar-refractivity contribution is 5.89. The van der Waals surface area contributed by atoms with Gasteiger partial charge in [-0.3, -0.25) is 4.57 Å². The second-order valence-corrected chi connectivity index (χ2v) is 5.19. The summed E-state index contributed by atoms with van der Waals surface area (Å²) in [4.78, 5) is 12.0. The average Bonchev–Trinajstić information content (AvgIpc) is 2.69. The lowest BCUT2D eigenvalue weighted by atomic mass is 10.2. The molecule has 0 aliphatic rings. The summed E-state index contributed by atoms with van der Waals surface area (Å²) in [5.74, 6) is 0. The Morgan fingerprint density at radius 2 is 2.06 bits per heavy atom. The molecule has 1 aromatic carbocycles. The first-order valence-corrected chi connectivity index (χ1v) is 5.80. The van der Waals surface area contributed by atoms with Gasteiger partial charge in [0.15, 0.2) is 0 Å². The maximum absolute atomic E-state index is 12.6. The Labute approximate surface area is 105 Å². The van der Waals surface area contributed by atoms with Gasteiger partial charge in [-0.2, -0.15) is 0 Å². The predicted octanol–water partition coefficient (Wildman–Crippen LogP) is 3.89. The lowest BCUT2D eigenvalue weighted by Crippen LogP contribution is -2.26. The lowest BCUT2D eigenvalue weighted by molar-refractivity contribution is 0.0544. The zero-order valence-corrected chi connectivity index (χ0v) is 10.7. The first kappa shape index (κ1) is 12.6. The largest absolute Gasteiger partial charge is 0.443 e. The van der Waals surface area contributed by atoms with Crippen LogP contribution in [-0.4, -0.2) is 16.3 Å². The van der Waals surface area contributed by atoms with Gasteiger partial charge in [0, 0.05) is 11.6 Å². The molecule has 0 bridgehead atoms. The van der Waals surface area contributed by atoms with Crippen LogP contribution in [0.1, 0.15) is 26.3 Å². The molecule has 1 heterocycles. The summed E-state index contributed by atoms with van der Waals surface area (Å²) in [6.45, 7) is 4.88. The highest BCUT2D eigenvalue weighted by atomic mass is 19.1. The number of rotatable bonds is 1. The first-order chi connectivity index (χ1) is 8.40. The Kier molecular flexibility index (Phi) is 3.11. The van der Waals surface area contributed by atoms with Crippen molar-refractivity contribution in [3.05, 3.63) is 36.0 Å². The number of carbonyl (C=O) groups excluding carboxylic acids is 1. The molecule has 0 amide bonds. The van der Waals surface area contributed by atoms with Crippen molar-refractivity contribution in [2.45, 2.75) is 33.0 Å². The quantitative estimate of drug-likeness (QED) is 0.767. The van der Waals surface area contributed by atoms with Crippen molar-refractivity contribution in [3.8, 4) is 0 Å². The molecular formula is C14H16FNO2. The zero-order valence-electron chi connectivity index (χ0n) is 10.7. The van der Waals surface area contributed by atoms with E-state index >= 15 is 0 Å². The van der Waals surface area contributed by atoms with Crippen LogP contribution in [0.25, 0.3) is 10.9 Å². The fraction of sp³-hybridized carbons (Fsp3) is 0.357. The van der Waals surface area contributed by atoms with E-state index in [4.69, 9.17) is 4.74 Å². The summed E-state index contributed by atoms with van der Waals surface area (Å²) in [5.41, 5.74) is 0.663. The van der Waals surface area contributed by atoms with Gasteiger partial charge in [0.1, 0.15) is 12.3 Å². The normalized spacial score (nSPS) is 11.8. The molecule has 0 spiro atoms. The van der Waals surface area contributed by atoms with Crippen LogP contribution in [0.5, 0.6) is 0 Å². The second-order valence-electron chi connectivity index (χ2n) is 5.19. The van der Waals surface area contributed by atoms with Gasteiger partial charge < -0.3 is 4.74 Å². The van der Waals surface area contributed by atoms with Gasteiger partial charge >= 0.3 is 6.09 Å². The Hall–Kier alpha value is -1.84. The molecule has 0 atom stereocenters. The molecule has 1 aromatic heterocycles. The summed E-state index contributed by atoms with van der Waals surface area (Å²) in [5, 5.41) is 0.887. The minimum absolute atomic E-state index is 0.450. The Bertz CT molecular complexity index is 581. The van der Waals surface area contributed by atoms with Crippen molar-refractivity contribution < 1.29 is 13.9 Å². The second kappa shape index (κ2) is 4.44. The van der Waals surface area contributed by atoms with E-state index in [0.29, 0.717) is 11.1 Å². The average molecular weight is 249 g/mol. The summed E-state index contributed by atoms with van der Waals surface area (Å²) in [7, 11) is 0. The standard InChI is InChI=1S/C14H16FNO2/c1-14(2,3)18-13(17)16-7-6-11-5-4-10(9-15)8-12(11)16/h4-8H,9H2,1-3H3. The highest BCUT2D eigenvalue weighted by Crippen LogP contribution is 2.20. The molecule has 2 aromatic rings. The molecular weight excluding hydrogens is 233 g/mol. The predicted molar refractivity (Wildman–Crippen MR) is 68.4 cm³/mol. The molecule has 96 valence electrons. The van der Waals surface area contributed by atoms with Crippen LogP contribution >= 0.6 is 0 Å². The third kappa shape index (κ3) is 2.53. The van der Waals surface area contributed by atoms with E-state index in [1.807, 2.05) is 20.8 Å². The van der Waals surface area contributed by atoms with E-state index in [9.17, 15) is 9.18 Å². The maximum atomic E-state index is 12.6. The Morgan fingerprint density at radius 3 is 2.67 bits per heavy atom. The lowest BCUT2D eigenvalue weighted by Gasteiger charge is -2.19. The highest BCUT2D eigenvalue weighted by Gasteiger charge is 2.18. The number of fused-ring (bicyclic) bond motifs is 1. The molecule has 0 unspecified atom stereocenters. The third-order valence-corrected chi connectivity index (χ3v) is 2.50. The SMILES string of the molecule is CC(C)(C)OC(=O)n1ccc2ccc(CF)cc21. The van der Waals surface area contributed by atoms with Gasteiger partial charge in [-0.1, -0.05) is 12.1 Å². The van der Waals surface area contributed by atoms with Gasteiger partial charge in [0.05, 0.1) is 5.52 Å². The molecule has 0 saturated carbocycles. The first-order valence-electron chi connectivity index (χ1n) is 5.80. The van der Waals surface area contributed by atoms with Gasteiger partial charge in [0.25, 0.3) is 0 Å². The molecule has 0 fully saturated rings. The number of ether oxygens (including phenoxy) is 1. The number of carbonyl (C=O) groups is 1. The number of hydrogen-bond acceptors (Lipinski definition) is 2. The van der Waals surface area contributed by atoms with Crippen LogP contribution in [0.15, 0.2) is 30.5 Å². The van der Waals surface area contributed by atoms with Gasteiger partial charge in [-0.05, 0) is 38.5 Å². The van der Waals surface area contributed by atoms with Crippen LogP contribution < -0.4 is 0 Å². The van der Waals surface area contributed by atoms with Crippen LogP contribution in [0, 0.1) is 0 Å². The van der Waals surface area contributed by atoms with Crippen LogP contribution in [-0.2, 0) is 11.4 Å². The summed E-state index contributed by atoms with van der Waals surface area (Å²) >= 11 is 0. The van der Waals surface area contributed by atoms with E-state index in [0.717, 1.165) is 5.39 Å². The van der Waals surface area contributed by atoms with Crippen molar-refractivity contribution in [3.63, 3.8) is 0 Å². The van der Waals surface area contributed by atoms with Gasteiger partial charge in [-0.25, -0.2) is 9.18 Å². The Morgan fingerprint density at radius 1 is 1.33 bits per heavy atom. The topological polar surface area (TPSA) is 31.2 Å². The number of hydrogen-bond donors (Lipinski definition) is 0. The minimum Gasteiger partial charge on any atom is -0.443 e. The monoisotopic (exact) mass is 249 g/mol. The van der Waals surface area contributed by atoms with E-state index in [-0.39, 0.29) is 0 Å². The summed E-state index contributed by atoms with van der Waals surface area (Å²) < 4.78 is 19.3. The maximum Gasteiger partial charge on any atom is 0.418 e. The zero-order chi connectivity index (χ0) is 13.3. The van der Waals surface area contributed by atoms with Crippen molar-refractivity contribution >= 4 is 17.0 Å². The van der Waals surface area contributed by atoms with Crippen LogP contribution in [0.3, 0.4) is 0 Å². The van der Waals surface area contributed by atoms with Gasteiger partial charge in [-0.15, -0.1) is 0 Å². The fourth-order valence-corrected chi connectivity index (χ4v) is 1.73. The van der Waals surface area contributed by atoms with Crippen molar-refractivity contribution in [2.24, 2.45) is 0 Å². The molecule has 0 aliphatic heterocycles. The van der Waals surface area contributed by atoms with E-state index in [1.54, 1.807) is 30.5 Å². The number of halogens is 1. The van der Waals surface area contributed by atoms with E-state index < -0.39 is 18.4 Å². The molecule has 0 saturated heterocycles. The number of aromatic nitrogens is 1. The molecule has 18 heavy (non-hydrogen) atoms. The van der Waals surface area contributed by atoms with E-state index in [1.165, 1.54) is 4.57 Å². The minimum atomic E-state index is -0.550. The number of alkyl halides is 1. The molecule has 0 N–H and O–H groups in total. The fourth-order valence-electron chi connectivity index (χ4n) is 1.73. The summed E-state index contributed by atoms with van der Waals surface area (Å²) in [6, 6.07) is 6.98. The molecule has 4 heteroatoms. The smallest absolute Gasteiger partial charge is 0.418 e. The number of nitrogens with zero attached hydrogens (tertiary/aromatic N) is 1. The van der Waals surface area contributed by atoms with Crippen molar-refractivity contribution in [1.82, 2.24) is 4.57 Å². The number of benzene rings is 1. The van der Waals surface area contributed by atoms with E-state index in [2.05, 4.69) is 0 Å². The molecule has 3 nitrogen and oxygen atoms in total. The molecule has 0 aliphatic carbocycles. The molecule has 2 rings (SSSR count). The van der Waals surface area contributed by atoms with Crippen LogP contribution in [0.2, 0.25) is 0 Å². The van der Waals surface area contributed by atoms with Crippen LogP contribution in [0.4, 0.5) is 9.18 Å². The third-order valence-electron chi connectivity index (χ3n) is 2.50. The van der Waals surface area contributed by atoms with Crippen molar-refractivity contribution in [1.29, 1.82) is 0 Å². The van der Waals surface area contributed by atoms with Crippen molar-refractivity contribution in [2.75, 3.05) is 0 Å². The van der Waals surface area contributed by atoms with Gasteiger partial charge in [0.2, 0.25) is 0 Å². The Balaban J connectivity index is 2.42. The summed E-state index contributed by atoms with van der Waals surface area (Å²) in [6.07, 6.45) is 1.19. The molecule has 0 radical (unpaired) electrons.